The number of carbonyl (C=O) groups excluding carboxylic acids is 1. The molecule has 1 aromatic carbocycles. The Labute approximate surface area is 170 Å². The van der Waals surface area contributed by atoms with Gasteiger partial charge in [-0.1, -0.05) is 26.0 Å². The van der Waals surface area contributed by atoms with Gasteiger partial charge in [-0.25, -0.2) is 0 Å². The Balaban J connectivity index is 1.73. The zero-order valence-electron chi connectivity index (χ0n) is 17.9. The first-order valence-corrected chi connectivity index (χ1v) is 10.4. The zero-order valence-corrected chi connectivity index (χ0v) is 17.9. The molecular formula is C23H36N2O3. The van der Waals surface area contributed by atoms with Crippen LogP contribution in [0.1, 0.15) is 45.1 Å². The molecule has 0 bridgehead atoms. The summed E-state index contributed by atoms with van der Waals surface area (Å²) in [5.41, 5.74) is 0.956. The van der Waals surface area contributed by atoms with Gasteiger partial charge in [-0.2, -0.15) is 0 Å². The van der Waals surface area contributed by atoms with Crippen LogP contribution in [0.5, 0.6) is 11.5 Å². The van der Waals surface area contributed by atoms with E-state index in [9.17, 15) is 4.79 Å². The van der Waals surface area contributed by atoms with Crippen molar-refractivity contribution < 1.29 is 14.3 Å². The van der Waals surface area contributed by atoms with Crippen LogP contribution in [0.3, 0.4) is 0 Å². The zero-order chi connectivity index (χ0) is 20.4. The minimum Gasteiger partial charge on any atom is -0.497 e. The van der Waals surface area contributed by atoms with Gasteiger partial charge >= 0.3 is 0 Å². The van der Waals surface area contributed by atoms with Gasteiger partial charge in [0.1, 0.15) is 11.5 Å². The maximum atomic E-state index is 12.3. The van der Waals surface area contributed by atoms with Crippen LogP contribution in [0.15, 0.2) is 30.4 Å². The van der Waals surface area contributed by atoms with E-state index in [2.05, 4.69) is 36.2 Å². The number of methoxy groups -OCH3 is 2. The lowest BCUT2D eigenvalue weighted by molar-refractivity contribution is -0.121. The van der Waals surface area contributed by atoms with E-state index >= 15 is 0 Å². The average Bonchev–Trinajstić information content (AvgIpc) is 2.70. The first-order valence-electron chi connectivity index (χ1n) is 10.4. The fourth-order valence-corrected chi connectivity index (χ4v) is 3.65. The minimum absolute atomic E-state index is 0.106. The second kappa shape index (κ2) is 11.7. The summed E-state index contributed by atoms with van der Waals surface area (Å²) >= 11 is 0. The Morgan fingerprint density at radius 1 is 1.32 bits per heavy atom. The Bertz CT molecular complexity index is 643. The van der Waals surface area contributed by atoms with Crippen molar-refractivity contribution in [3.63, 3.8) is 0 Å². The molecule has 0 aliphatic carbocycles. The Kier molecular flexibility index (Phi) is 9.35. The summed E-state index contributed by atoms with van der Waals surface area (Å²) < 4.78 is 10.6. The number of hydrogen-bond donors (Lipinski definition) is 1. The topological polar surface area (TPSA) is 50.8 Å². The fraction of sp³-hybridized carbons (Fsp3) is 0.609. The van der Waals surface area contributed by atoms with Crippen LogP contribution in [0.4, 0.5) is 0 Å². The molecule has 1 N–H and O–H groups in total. The summed E-state index contributed by atoms with van der Waals surface area (Å²) in [6, 6.07) is 5.65. The number of benzene rings is 1. The van der Waals surface area contributed by atoms with Crippen molar-refractivity contribution >= 4 is 5.91 Å². The third kappa shape index (κ3) is 7.55. The number of nitrogens with one attached hydrogen (secondary N) is 1. The highest BCUT2D eigenvalue weighted by molar-refractivity contribution is 5.75. The van der Waals surface area contributed by atoms with Crippen molar-refractivity contribution in [2.45, 2.75) is 46.1 Å². The summed E-state index contributed by atoms with van der Waals surface area (Å²) in [6.45, 7) is 8.18. The van der Waals surface area contributed by atoms with E-state index in [1.807, 2.05) is 18.2 Å². The molecule has 0 spiro atoms. The van der Waals surface area contributed by atoms with Gasteiger partial charge in [0.15, 0.2) is 0 Å². The van der Waals surface area contributed by atoms with Crippen molar-refractivity contribution in [2.24, 2.45) is 11.8 Å². The predicted octanol–water partition coefficient (Wildman–Crippen LogP) is 4.02. The molecule has 1 atom stereocenters. The van der Waals surface area contributed by atoms with Crippen LogP contribution in [-0.4, -0.2) is 44.7 Å². The molecule has 2 rings (SSSR count). The van der Waals surface area contributed by atoms with Crippen LogP contribution in [-0.2, 0) is 11.3 Å². The molecular weight excluding hydrogens is 352 g/mol. The second-order valence-electron chi connectivity index (χ2n) is 7.93. The number of rotatable bonds is 10. The molecule has 0 aromatic heterocycles. The number of carbonyl (C=O) groups is 1. The molecule has 0 radical (unpaired) electrons. The van der Waals surface area contributed by atoms with Gasteiger partial charge in [-0.3, -0.25) is 9.69 Å². The van der Waals surface area contributed by atoms with Gasteiger partial charge in [0.25, 0.3) is 0 Å². The monoisotopic (exact) mass is 388 g/mol. The number of nitrogens with zero attached hydrogens (tertiary/aromatic N) is 1. The van der Waals surface area contributed by atoms with E-state index in [1.54, 1.807) is 14.2 Å². The van der Waals surface area contributed by atoms with Gasteiger partial charge in [0, 0.05) is 37.7 Å². The quantitative estimate of drug-likeness (QED) is 0.615. The molecule has 5 nitrogen and oxygen atoms in total. The highest BCUT2D eigenvalue weighted by Crippen LogP contribution is 2.25. The number of ether oxygens (including phenoxy) is 2. The highest BCUT2D eigenvalue weighted by atomic mass is 16.5. The van der Waals surface area contributed by atoms with E-state index in [1.165, 1.54) is 19.4 Å². The Morgan fingerprint density at radius 2 is 2.14 bits per heavy atom. The van der Waals surface area contributed by atoms with Crippen LogP contribution in [0, 0.1) is 11.8 Å². The van der Waals surface area contributed by atoms with E-state index in [-0.39, 0.29) is 5.91 Å². The van der Waals surface area contributed by atoms with Crippen molar-refractivity contribution in [3.8, 4) is 11.5 Å². The molecule has 0 saturated carbocycles. The standard InChI is InChI=1S/C23H36N2O3/c1-18(2)7-5-13-25-14-6-8-19(17-25)9-12-23(26)24-16-20-10-11-21(27-3)15-22(20)28-4/h5,7,10-11,15,18-19H,6,8-9,12-14,16-17H2,1-4H3,(H,24,26)/b7-5+. The van der Waals surface area contributed by atoms with Crippen LogP contribution < -0.4 is 14.8 Å². The van der Waals surface area contributed by atoms with E-state index in [0.29, 0.717) is 24.8 Å². The molecule has 1 fully saturated rings. The number of allylic oxidation sites excluding steroid dienone is 1. The molecule has 1 amide bonds. The fourth-order valence-electron chi connectivity index (χ4n) is 3.65. The van der Waals surface area contributed by atoms with E-state index < -0.39 is 0 Å². The molecule has 1 aliphatic rings. The lowest BCUT2D eigenvalue weighted by Crippen LogP contribution is -2.36. The molecule has 1 saturated heterocycles. The molecule has 1 unspecified atom stereocenters. The first kappa shape index (κ1) is 22.3. The van der Waals surface area contributed by atoms with Crippen LogP contribution in [0.2, 0.25) is 0 Å². The van der Waals surface area contributed by atoms with Crippen molar-refractivity contribution in [2.75, 3.05) is 33.9 Å². The lowest BCUT2D eigenvalue weighted by atomic mass is 9.93. The van der Waals surface area contributed by atoms with E-state index in [0.717, 1.165) is 36.6 Å². The smallest absolute Gasteiger partial charge is 0.220 e. The van der Waals surface area contributed by atoms with Crippen LogP contribution >= 0.6 is 0 Å². The van der Waals surface area contributed by atoms with Gasteiger partial charge in [0.2, 0.25) is 5.91 Å². The molecule has 1 aromatic rings. The highest BCUT2D eigenvalue weighted by Gasteiger charge is 2.20. The number of likely N-dealkylation sites (tertiary alicyclic amines) is 1. The number of hydrogen-bond acceptors (Lipinski definition) is 4. The lowest BCUT2D eigenvalue weighted by Gasteiger charge is -2.32. The second-order valence-corrected chi connectivity index (χ2v) is 7.93. The Morgan fingerprint density at radius 3 is 2.86 bits per heavy atom. The molecule has 28 heavy (non-hydrogen) atoms. The van der Waals surface area contributed by atoms with E-state index in [4.69, 9.17) is 9.47 Å². The summed E-state index contributed by atoms with van der Waals surface area (Å²) in [6.07, 6.45) is 8.54. The van der Waals surface area contributed by atoms with Gasteiger partial charge in [-0.05, 0) is 49.8 Å². The third-order valence-corrected chi connectivity index (χ3v) is 5.24. The Hall–Kier alpha value is -2.01. The molecule has 1 heterocycles. The largest absolute Gasteiger partial charge is 0.497 e. The molecule has 156 valence electrons. The number of piperidine rings is 1. The summed E-state index contributed by atoms with van der Waals surface area (Å²) in [7, 11) is 3.26. The maximum absolute atomic E-state index is 12.3. The first-order chi connectivity index (χ1) is 13.5. The van der Waals surface area contributed by atoms with Gasteiger partial charge in [-0.15, -0.1) is 0 Å². The third-order valence-electron chi connectivity index (χ3n) is 5.24. The summed E-state index contributed by atoms with van der Waals surface area (Å²) in [5.74, 6) is 2.81. The molecule has 1 aliphatic heterocycles. The SMILES string of the molecule is COc1ccc(CNC(=O)CCC2CCCN(C/C=C/C(C)C)C2)c(OC)c1. The predicted molar refractivity (Wildman–Crippen MR) is 114 cm³/mol. The minimum atomic E-state index is 0.106. The van der Waals surface area contributed by atoms with Gasteiger partial charge in [0.05, 0.1) is 14.2 Å². The normalized spacial score (nSPS) is 17.8. The van der Waals surface area contributed by atoms with Crippen molar-refractivity contribution in [1.29, 1.82) is 0 Å². The summed E-state index contributed by atoms with van der Waals surface area (Å²) in [5, 5.41) is 3.02. The average molecular weight is 389 g/mol. The van der Waals surface area contributed by atoms with Crippen molar-refractivity contribution in [1.82, 2.24) is 10.2 Å². The molecule has 5 heteroatoms. The van der Waals surface area contributed by atoms with Crippen LogP contribution in [0.25, 0.3) is 0 Å². The maximum Gasteiger partial charge on any atom is 0.220 e. The number of amides is 1. The van der Waals surface area contributed by atoms with Gasteiger partial charge < -0.3 is 14.8 Å². The summed E-state index contributed by atoms with van der Waals surface area (Å²) in [4.78, 5) is 14.8. The van der Waals surface area contributed by atoms with Crippen molar-refractivity contribution in [3.05, 3.63) is 35.9 Å².